The molecule has 2 nitrogen and oxygen atoms in total. The molecule has 0 radical (unpaired) electrons. The lowest BCUT2D eigenvalue weighted by molar-refractivity contribution is 1.02. The first-order chi connectivity index (χ1) is 12.3. The van der Waals surface area contributed by atoms with Crippen molar-refractivity contribution in [1.29, 1.82) is 5.26 Å². The van der Waals surface area contributed by atoms with Crippen LogP contribution in [0.1, 0.15) is 16.7 Å². The van der Waals surface area contributed by atoms with E-state index < -0.39 is 0 Å². The van der Waals surface area contributed by atoms with Gasteiger partial charge >= 0.3 is 6.85 Å². The molecule has 0 amide bonds. The number of rotatable bonds is 3. The van der Waals surface area contributed by atoms with E-state index in [0.29, 0.717) is 5.56 Å². The molecule has 4 rings (SSSR count). The van der Waals surface area contributed by atoms with Crippen molar-refractivity contribution in [3.05, 3.63) is 102 Å². The monoisotopic (exact) mass is 320 g/mol. The Hall–Kier alpha value is -3.25. The summed E-state index contributed by atoms with van der Waals surface area (Å²) in [6.45, 7) is 0.999. The van der Waals surface area contributed by atoms with E-state index in [0.717, 1.165) is 6.54 Å². The molecule has 0 aromatic heterocycles. The van der Waals surface area contributed by atoms with Gasteiger partial charge in [0.1, 0.15) is 0 Å². The highest BCUT2D eigenvalue weighted by Gasteiger charge is 2.27. The zero-order valence-electron chi connectivity index (χ0n) is 13.8. The molecule has 0 saturated carbocycles. The molecule has 0 N–H and O–H groups in total. The van der Waals surface area contributed by atoms with Gasteiger partial charge in [0.05, 0.1) is 11.6 Å². The minimum atomic E-state index is 0.201. The van der Waals surface area contributed by atoms with E-state index in [2.05, 4.69) is 77.5 Å². The first kappa shape index (κ1) is 15.3. The number of anilines is 1. The number of hydrogen-bond acceptors (Lipinski definition) is 2. The van der Waals surface area contributed by atoms with Crippen LogP contribution in [0.25, 0.3) is 6.08 Å². The van der Waals surface area contributed by atoms with Crippen molar-refractivity contribution >= 4 is 24.1 Å². The van der Waals surface area contributed by atoms with E-state index >= 15 is 0 Å². The van der Waals surface area contributed by atoms with Gasteiger partial charge in [-0.05, 0) is 29.3 Å². The summed E-state index contributed by atoms with van der Waals surface area (Å²) in [5, 5.41) is 9.00. The molecule has 1 heterocycles. The quantitative estimate of drug-likeness (QED) is 0.681. The fraction of sp³-hybridized carbons (Fsp3) is 0.0455. The predicted molar refractivity (Wildman–Crippen MR) is 105 cm³/mol. The van der Waals surface area contributed by atoms with E-state index in [1.54, 1.807) is 0 Å². The van der Waals surface area contributed by atoms with Crippen molar-refractivity contribution in [2.24, 2.45) is 0 Å². The second-order valence-corrected chi connectivity index (χ2v) is 6.21. The lowest BCUT2D eigenvalue weighted by Gasteiger charge is -2.34. The lowest BCUT2D eigenvalue weighted by atomic mass is 9.52. The zero-order chi connectivity index (χ0) is 17.1. The molecule has 0 saturated heterocycles. The molecule has 0 aliphatic carbocycles. The number of benzene rings is 3. The van der Waals surface area contributed by atoms with Gasteiger partial charge in [-0.2, -0.15) is 5.26 Å². The van der Waals surface area contributed by atoms with E-state index in [1.165, 1.54) is 22.3 Å². The van der Waals surface area contributed by atoms with Gasteiger partial charge in [-0.25, -0.2) is 0 Å². The molecule has 0 unspecified atom stereocenters. The molecular formula is C22H17BN2. The number of fused-ring (bicyclic) bond motifs is 1. The van der Waals surface area contributed by atoms with E-state index in [-0.39, 0.29) is 6.85 Å². The Morgan fingerprint density at radius 3 is 2.32 bits per heavy atom. The highest BCUT2D eigenvalue weighted by atomic mass is 15.1. The Morgan fingerprint density at radius 1 is 0.840 bits per heavy atom. The SMILES string of the molecule is N#Cc1ccc(CN2B(c3ccccc3)C=Cc3ccccc32)cc1. The topological polar surface area (TPSA) is 27.0 Å². The van der Waals surface area contributed by atoms with Crippen LogP contribution in [0.3, 0.4) is 0 Å². The van der Waals surface area contributed by atoms with E-state index in [9.17, 15) is 0 Å². The second kappa shape index (κ2) is 6.71. The van der Waals surface area contributed by atoms with Gasteiger partial charge in [0.25, 0.3) is 0 Å². The van der Waals surface area contributed by atoms with Crippen molar-refractivity contribution in [3.63, 3.8) is 0 Å². The fourth-order valence-electron chi connectivity index (χ4n) is 3.34. The summed E-state index contributed by atoms with van der Waals surface area (Å²) in [6.07, 6.45) is 2.21. The van der Waals surface area contributed by atoms with Gasteiger partial charge in [0.2, 0.25) is 0 Å². The van der Waals surface area contributed by atoms with E-state index in [4.69, 9.17) is 5.26 Å². The van der Waals surface area contributed by atoms with Crippen LogP contribution in [0, 0.1) is 11.3 Å². The van der Waals surface area contributed by atoms with Crippen LogP contribution in [0.15, 0.2) is 84.8 Å². The first-order valence-corrected chi connectivity index (χ1v) is 8.43. The van der Waals surface area contributed by atoms with Crippen molar-refractivity contribution in [2.75, 3.05) is 4.81 Å². The summed E-state index contributed by atoms with van der Waals surface area (Å²) in [5.41, 5.74) is 5.65. The molecule has 3 aromatic rings. The van der Waals surface area contributed by atoms with Gasteiger partial charge in [-0.1, -0.05) is 78.2 Å². The lowest BCUT2D eigenvalue weighted by Crippen LogP contribution is -2.48. The predicted octanol–water partition coefficient (Wildman–Crippen LogP) is 4.03. The van der Waals surface area contributed by atoms with Crippen molar-refractivity contribution in [2.45, 2.75) is 6.54 Å². The largest absolute Gasteiger partial charge is 0.403 e. The summed E-state index contributed by atoms with van der Waals surface area (Å²) in [7, 11) is 0. The highest BCUT2D eigenvalue weighted by molar-refractivity contribution is 6.82. The molecule has 0 spiro atoms. The number of nitriles is 1. The molecule has 25 heavy (non-hydrogen) atoms. The summed E-state index contributed by atoms with van der Waals surface area (Å²) < 4.78 is 0. The first-order valence-electron chi connectivity index (χ1n) is 8.43. The Kier molecular flexibility index (Phi) is 4.10. The molecule has 0 bridgehead atoms. The minimum Gasteiger partial charge on any atom is -0.403 e. The van der Waals surface area contributed by atoms with Crippen LogP contribution in [0.5, 0.6) is 0 Å². The Bertz CT molecular complexity index is 940. The zero-order valence-corrected chi connectivity index (χ0v) is 13.8. The molecular weight excluding hydrogens is 303 g/mol. The van der Waals surface area contributed by atoms with Crippen LogP contribution >= 0.6 is 0 Å². The standard InChI is InChI=1S/C22H17BN2/c24-16-18-10-12-19(13-11-18)17-25-22-9-5-4-6-20(22)14-15-23(25)21-7-2-1-3-8-21/h1-15H,17H2. The van der Waals surface area contributed by atoms with Crippen LogP contribution in [0.4, 0.5) is 5.69 Å². The minimum absolute atomic E-state index is 0.201. The van der Waals surface area contributed by atoms with Gasteiger partial charge in [0, 0.05) is 12.2 Å². The number of hydrogen-bond donors (Lipinski definition) is 0. The second-order valence-electron chi connectivity index (χ2n) is 6.21. The summed E-state index contributed by atoms with van der Waals surface area (Å²) in [5.74, 6) is 2.27. The molecule has 0 fully saturated rings. The Labute approximate surface area is 148 Å². The third kappa shape index (κ3) is 3.07. The Morgan fingerprint density at radius 2 is 1.56 bits per heavy atom. The summed E-state index contributed by atoms with van der Waals surface area (Å²) in [4.78, 5) is 2.42. The van der Waals surface area contributed by atoms with Crippen LogP contribution in [-0.4, -0.2) is 6.85 Å². The van der Waals surface area contributed by atoms with Crippen molar-refractivity contribution < 1.29 is 0 Å². The third-order valence-corrected chi connectivity index (χ3v) is 4.62. The molecule has 118 valence electrons. The molecule has 1 aliphatic heterocycles. The van der Waals surface area contributed by atoms with Crippen LogP contribution in [0.2, 0.25) is 0 Å². The number of para-hydroxylation sites is 1. The van der Waals surface area contributed by atoms with Gasteiger partial charge in [-0.15, -0.1) is 0 Å². The molecule has 3 aromatic carbocycles. The molecule has 1 aliphatic rings. The summed E-state index contributed by atoms with van der Waals surface area (Å²) in [6, 6.07) is 29.1. The average molecular weight is 320 g/mol. The maximum atomic E-state index is 9.00. The normalized spacial score (nSPS) is 12.6. The average Bonchev–Trinajstić information content (AvgIpc) is 2.69. The van der Waals surface area contributed by atoms with Crippen LogP contribution in [-0.2, 0) is 6.54 Å². The highest BCUT2D eigenvalue weighted by Crippen LogP contribution is 2.29. The molecule has 3 heteroatoms. The van der Waals surface area contributed by atoms with Crippen molar-refractivity contribution in [3.8, 4) is 6.07 Å². The maximum absolute atomic E-state index is 9.00. The maximum Gasteiger partial charge on any atom is 0.316 e. The number of nitrogens with zero attached hydrogens (tertiary/aromatic N) is 2. The van der Waals surface area contributed by atoms with Crippen molar-refractivity contribution in [1.82, 2.24) is 0 Å². The van der Waals surface area contributed by atoms with Gasteiger partial charge in [0.15, 0.2) is 0 Å². The van der Waals surface area contributed by atoms with Crippen LogP contribution < -0.4 is 10.3 Å². The van der Waals surface area contributed by atoms with Gasteiger partial charge in [-0.3, -0.25) is 0 Å². The molecule has 0 atom stereocenters. The third-order valence-electron chi connectivity index (χ3n) is 4.62. The summed E-state index contributed by atoms with van der Waals surface area (Å²) >= 11 is 0. The fourth-order valence-corrected chi connectivity index (χ4v) is 3.34. The van der Waals surface area contributed by atoms with E-state index in [1.807, 2.05) is 24.3 Å². The van der Waals surface area contributed by atoms with Gasteiger partial charge < -0.3 is 4.81 Å². The smallest absolute Gasteiger partial charge is 0.316 e. The Balaban J connectivity index is 1.73.